The fourth-order valence-electron chi connectivity index (χ4n) is 2.29. The van der Waals surface area contributed by atoms with Crippen molar-refractivity contribution in [3.8, 4) is 5.75 Å². The fraction of sp³-hybridized carbons (Fsp3) is 0.316. The summed E-state index contributed by atoms with van der Waals surface area (Å²) in [7, 11) is 1.55. The highest BCUT2D eigenvalue weighted by Crippen LogP contribution is 2.13. The number of amides is 1. The summed E-state index contributed by atoms with van der Waals surface area (Å²) in [6.07, 6.45) is 0.870. The highest BCUT2D eigenvalue weighted by atomic mass is 16.5. The average Bonchev–Trinajstić information content (AvgIpc) is 2.64. The fourth-order valence-corrected chi connectivity index (χ4v) is 2.29. The van der Waals surface area contributed by atoms with Crippen LogP contribution in [-0.2, 0) is 17.8 Å². The second-order valence-corrected chi connectivity index (χ2v) is 5.46. The van der Waals surface area contributed by atoms with Crippen molar-refractivity contribution in [1.29, 1.82) is 0 Å². The third kappa shape index (κ3) is 5.68. The van der Waals surface area contributed by atoms with Crippen LogP contribution in [0.5, 0.6) is 5.75 Å². The molecule has 0 saturated carbocycles. The number of hydrogen-bond acceptors (Lipinski definition) is 4. The summed E-state index contributed by atoms with van der Waals surface area (Å²) in [6.45, 7) is 0.897. The van der Waals surface area contributed by atoms with Crippen LogP contribution in [0.4, 0.5) is 0 Å². The second-order valence-electron chi connectivity index (χ2n) is 5.46. The molecule has 24 heavy (non-hydrogen) atoms. The summed E-state index contributed by atoms with van der Waals surface area (Å²) < 4.78 is 5.74. The van der Waals surface area contributed by atoms with Gasteiger partial charge < -0.3 is 15.2 Å². The molecule has 1 amide bonds. The molecule has 1 atom stereocenters. The van der Waals surface area contributed by atoms with Crippen LogP contribution in [0.3, 0.4) is 0 Å². The molecule has 0 aliphatic heterocycles. The lowest BCUT2D eigenvalue weighted by molar-refractivity contribution is -0.123. The third-order valence-electron chi connectivity index (χ3n) is 3.72. The van der Waals surface area contributed by atoms with E-state index in [-0.39, 0.29) is 12.5 Å². The van der Waals surface area contributed by atoms with Gasteiger partial charge in [0.05, 0.1) is 13.2 Å². The lowest BCUT2D eigenvalue weighted by Gasteiger charge is -2.14. The molecule has 2 rings (SSSR count). The number of carbonyl (C=O) groups is 1. The summed E-state index contributed by atoms with van der Waals surface area (Å²) in [5.74, 6) is 0.595. The molecule has 2 aromatic carbocycles. The Bertz CT molecular complexity index is 614. The minimum atomic E-state index is -0.600. The van der Waals surface area contributed by atoms with Crippen molar-refractivity contribution in [2.24, 2.45) is 0 Å². The van der Waals surface area contributed by atoms with Gasteiger partial charge in [-0.25, -0.2) is 0 Å². The van der Waals surface area contributed by atoms with Gasteiger partial charge in [0.1, 0.15) is 11.8 Å². The van der Waals surface area contributed by atoms with E-state index in [1.165, 1.54) is 5.56 Å². The maximum absolute atomic E-state index is 11.5. The SMILES string of the molecule is CNC(=O)[C@H](CO)NCc1ccc(OCCc2ccccc2)cc1. The Morgan fingerprint density at radius 1 is 1.08 bits per heavy atom. The Labute approximate surface area is 142 Å². The number of likely N-dealkylation sites (N-methyl/N-ethyl adjacent to an activating group) is 1. The van der Waals surface area contributed by atoms with Crippen LogP contribution in [-0.4, -0.2) is 37.3 Å². The summed E-state index contributed by atoms with van der Waals surface area (Å²) in [6, 6.07) is 17.3. The first kappa shape index (κ1) is 18.0. The molecule has 0 spiro atoms. The lowest BCUT2D eigenvalue weighted by atomic mass is 10.2. The van der Waals surface area contributed by atoms with Gasteiger partial charge in [-0.1, -0.05) is 42.5 Å². The van der Waals surface area contributed by atoms with Gasteiger partial charge in [-0.15, -0.1) is 0 Å². The summed E-state index contributed by atoms with van der Waals surface area (Å²) in [5, 5.41) is 14.7. The van der Waals surface area contributed by atoms with Gasteiger partial charge in [-0.3, -0.25) is 10.1 Å². The number of benzene rings is 2. The molecule has 2 aromatic rings. The van der Waals surface area contributed by atoms with Crippen molar-refractivity contribution in [2.75, 3.05) is 20.3 Å². The lowest BCUT2D eigenvalue weighted by Crippen LogP contribution is -2.44. The summed E-state index contributed by atoms with van der Waals surface area (Å²) in [4.78, 5) is 11.5. The van der Waals surface area contributed by atoms with Crippen molar-refractivity contribution in [2.45, 2.75) is 19.0 Å². The molecule has 0 unspecified atom stereocenters. The van der Waals surface area contributed by atoms with E-state index >= 15 is 0 Å². The molecule has 0 aliphatic carbocycles. The van der Waals surface area contributed by atoms with Gasteiger partial charge in [0.15, 0.2) is 0 Å². The Kier molecular flexibility index (Phi) is 7.26. The molecule has 0 radical (unpaired) electrons. The molecule has 0 aliphatic rings. The summed E-state index contributed by atoms with van der Waals surface area (Å²) in [5.41, 5.74) is 2.27. The number of hydrogen-bond donors (Lipinski definition) is 3. The van der Waals surface area contributed by atoms with Crippen LogP contribution in [0.1, 0.15) is 11.1 Å². The van der Waals surface area contributed by atoms with Gasteiger partial charge in [0.2, 0.25) is 5.91 Å². The first-order valence-corrected chi connectivity index (χ1v) is 8.04. The largest absolute Gasteiger partial charge is 0.493 e. The van der Waals surface area contributed by atoms with Crippen molar-refractivity contribution >= 4 is 5.91 Å². The van der Waals surface area contributed by atoms with Crippen LogP contribution < -0.4 is 15.4 Å². The van der Waals surface area contributed by atoms with E-state index < -0.39 is 6.04 Å². The minimum Gasteiger partial charge on any atom is -0.493 e. The Balaban J connectivity index is 1.77. The molecular weight excluding hydrogens is 304 g/mol. The zero-order valence-electron chi connectivity index (χ0n) is 13.9. The first-order chi connectivity index (χ1) is 11.7. The number of aliphatic hydroxyl groups is 1. The van der Waals surface area contributed by atoms with Crippen molar-refractivity contribution in [1.82, 2.24) is 10.6 Å². The first-order valence-electron chi connectivity index (χ1n) is 8.04. The van der Waals surface area contributed by atoms with Crippen molar-refractivity contribution < 1.29 is 14.6 Å². The molecule has 0 fully saturated rings. The Morgan fingerprint density at radius 3 is 2.42 bits per heavy atom. The predicted molar refractivity (Wildman–Crippen MR) is 93.9 cm³/mol. The maximum atomic E-state index is 11.5. The molecule has 0 aromatic heterocycles. The van der Waals surface area contributed by atoms with E-state index in [4.69, 9.17) is 4.74 Å². The zero-order chi connectivity index (χ0) is 17.2. The van der Waals surface area contributed by atoms with Gasteiger partial charge in [0, 0.05) is 20.0 Å². The van der Waals surface area contributed by atoms with E-state index in [0.717, 1.165) is 17.7 Å². The van der Waals surface area contributed by atoms with E-state index in [1.54, 1.807) is 7.05 Å². The van der Waals surface area contributed by atoms with Crippen LogP contribution in [0, 0.1) is 0 Å². The molecule has 0 heterocycles. The average molecular weight is 328 g/mol. The maximum Gasteiger partial charge on any atom is 0.239 e. The molecule has 128 valence electrons. The molecular formula is C19H24N2O3. The normalized spacial score (nSPS) is 11.8. The monoisotopic (exact) mass is 328 g/mol. The zero-order valence-corrected chi connectivity index (χ0v) is 13.9. The van der Waals surface area contributed by atoms with Crippen LogP contribution in [0.15, 0.2) is 54.6 Å². The van der Waals surface area contributed by atoms with E-state index in [2.05, 4.69) is 22.8 Å². The topological polar surface area (TPSA) is 70.6 Å². The van der Waals surface area contributed by atoms with Crippen LogP contribution >= 0.6 is 0 Å². The van der Waals surface area contributed by atoms with Crippen molar-refractivity contribution in [3.05, 3.63) is 65.7 Å². The Morgan fingerprint density at radius 2 is 1.79 bits per heavy atom. The van der Waals surface area contributed by atoms with Gasteiger partial charge in [0.25, 0.3) is 0 Å². The standard InChI is InChI=1S/C19H24N2O3/c1-20-19(23)18(14-22)21-13-16-7-9-17(10-8-16)24-12-11-15-5-3-2-4-6-15/h2-10,18,21-22H,11-14H2,1H3,(H,20,23)/t18-/m0/s1. The van der Waals surface area contributed by atoms with Gasteiger partial charge >= 0.3 is 0 Å². The highest BCUT2D eigenvalue weighted by Gasteiger charge is 2.14. The smallest absolute Gasteiger partial charge is 0.239 e. The van der Waals surface area contributed by atoms with Crippen molar-refractivity contribution in [3.63, 3.8) is 0 Å². The highest BCUT2D eigenvalue weighted by molar-refractivity contribution is 5.81. The van der Waals surface area contributed by atoms with Crippen LogP contribution in [0.25, 0.3) is 0 Å². The molecule has 5 nitrogen and oxygen atoms in total. The number of rotatable bonds is 9. The minimum absolute atomic E-state index is 0.224. The van der Waals surface area contributed by atoms with E-state index in [9.17, 15) is 9.90 Å². The van der Waals surface area contributed by atoms with E-state index in [1.807, 2.05) is 42.5 Å². The van der Waals surface area contributed by atoms with Crippen LogP contribution in [0.2, 0.25) is 0 Å². The van der Waals surface area contributed by atoms with E-state index in [0.29, 0.717) is 13.2 Å². The van der Waals surface area contributed by atoms with Gasteiger partial charge in [-0.05, 0) is 23.3 Å². The van der Waals surface area contributed by atoms with Gasteiger partial charge in [-0.2, -0.15) is 0 Å². The number of aliphatic hydroxyl groups excluding tert-OH is 1. The number of nitrogens with one attached hydrogen (secondary N) is 2. The second kappa shape index (κ2) is 9.70. The predicted octanol–water partition coefficient (Wildman–Crippen LogP) is 1.50. The molecule has 0 bridgehead atoms. The number of ether oxygens (including phenoxy) is 1. The Hall–Kier alpha value is -2.37. The molecule has 5 heteroatoms. The number of carbonyl (C=O) groups excluding carboxylic acids is 1. The molecule has 3 N–H and O–H groups in total. The quantitative estimate of drug-likeness (QED) is 0.652. The molecule has 0 saturated heterocycles. The summed E-state index contributed by atoms with van der Waals surface area (Å²) >= 11 is 0. The third-order valence-corrected chi connectivity index (χ3v) is 3.72.